The first-order chi connectivity index (χ1) is 12.7. The summed E-state index contributed by atoms with van der Waals surface area (Å²) in [7, 11) is 1.43. The predicted octanol–water partition coefficient (Wildman–Crippen LogP) is 6.35. The van der Waals surface area contributed by atoms with Crippen molar-refractivity contribution in [3.63, 3.8) is 0 Å². The molecule has 1 aromatic rings. The Hall–Kier alpha value is -1.41. The summed E-state index contributed by atoms with van der Waals surface area (Å²) in [6.45, 7) is 10.6. The van der Waals surface area contributed by atoms with Gasteiger partial charge in [0, 0.05) is 6.16 Å². The van der Waals surface area contributed by atoms with Crippen molar-refractivity contribution < 1.29 is 18.8 Å². The molecule has 0 aliphatic carbocycles. The summed E-state index contributed by atoms with van der Waals surface area (Å²) in [5.74, 6) is 0.838. The number of hydrogen-bond acceptors (Lipinski definition) is 4. The van der Waals surface area contributed by atoms with Crippen LogP contribution in [0.3, 0.4) is 0 Å². The molecular formula is C22H36O4P. The molecule has 1 rings (SSSR count). The second-order valence-corrected chi connectivity index (χ2v) is 10.3. The van der Waals surface area contributed by atoms with E-state index < -0.39 is 13.5 Å². The monoisotopic (exact) mass is 395 g/mol. The maximum absolute atomic E-state index is 13.6. The minimum atomic E-state index is -1.66. The molecule has 0 saturated heterocycles. The van der Waals surface area contributed by atoms with Crippen molar-refractivity contribution in [2.75, 3.05) is 20.4 Å². The highest BCUT2D eigenvalue weighted by molar-refractivity contribution is 7.46. The summed E-state index contributed by atoms with van der Waals surface area (Å²) in [6.07, 6.45) is 4.41. The largest absolute Gasteiger partial charge is 0.496 e. The molecule has 0 bridgehead atoms. The molecule has 3 unspecified atom stereocenters. The molecule has 1 aromatic carbocycles. The average Bonchev–Trinajstić information content (AvgIpc) is 2.59. The average molecular weight is 396 g/mol. The molecule has 0 aromatic heterocycles. The lowest BCUT2D eigenvalue weighted by atomic mass is 9.82. The molecule has 1 radical (unpaired) electrons. The van der Waals surface area contributed by atoms with E-state index in [-0.39, 0.29) is 17.1 Å². The molecule has 0 heterocycles. The van der Waals surface area contributed by atoms with Gasteiger partial charge in [-0.25, -0.2) is 0 Å². The second-order valence-electron chi connectivity index (χ2n) is 8.44. The van der Waals surface area contributed by atoms with Crippen molar-refractivity contribution in [3.8, 4) is 11.5 Å². The zero-order valence-corrected chi connectivity index (χ0v) is 18.9. The fraction of sp³-hybridized carbons (Fsp3) is 0.682. The molecule has 153 valence electrons. The van der Waals surface area contributed by atoms with Crippen molar-refractivity contribution in [1.29, 1.82) is 0 Å². The highest BCUT2D eigenvalue weighted by atomic mass is 31.1. The lowest BCUT2D eigenvalue weighted by Crippen LogP contribution is -2.29. The standard InChI is InChI=1S/C22H36O4P/c1-8-9-10-14-27(24)21(16(2)15-22(3,4)5)20(23)19-17(25-6)12-11-13-18(19)26-7/h11-13,16,21H,8-10,14-15H2,1-7H3. The van der Waals surface area contributed by atoms with Gasteiger partial charge in [-0.2, -0.15) is 0 Å². The normalized spacial score (nSPS) is 14.4. The molecule has 0 spiro atoms. The van der Waals surface area contributed by atoms with Crippen LogP contribution in [0, 0.1) is 11.3 Å². The van der Waals surface area contributed by atoms with Crippen LogP contribution in [0.4, 0.5) is 0 Å². The van der Waals surface area contributed by atoms with Crippen LogP contribution in [0.5, 0.6) is 11.5 Å². The summed E-state index contributed by atoms with van der Waals surface area (Å²) >= 11 is 0. The van der Waals surface area contributed by atoms with Crippen LogP contribution in [-0.4, -0.2) is 31.8 Å². The van der Waals surface area contributed by atoms with Gasteiger partial charge in [-0.1, -0.05) is 53.5 Å². The Morgan fingerprint density at radius 2 is 1.67 bits per heavy atom. The molecule has 27 heavy (non-hydrogen) atoms. The molecule has 0 fully saturated rings. The van der Waals surface area contributed by atoms with Gasteiger partial charge in [-0.15, -0.1) is 0 Å². The van der Waals surface area contributed by atoms with E-state index in [9.17, 15) is 9.36 Å². The van der Waals surface area contributed by atoms with Crippen molar-refractivity contribution in [2.24, 2.45) is 11.3 Å². The smallest absolute Gasteiger partial charge is 0.184 e. The SMILES string of the molecule is CCCCC[P](=O)C(C(=O)c1c(OC)cccc1OC)C(C)CC(C)(C)C. The van der Waals surface area contributed by atoms with Gasteiger partial charge >= 0.3 is 0 Å². The molecule has 0 amide bonds. The fourth-order valence-corrected chi connectivity index (χ4v) is 5.53. The zero-order chi connectivity index (χ0) is 20.6. The third-order valence-electron chi connectivity index (χ3n) is 4.71. The van der Waals surface area contributed by atoms with E-state index in [1.165, 1.54) is 0 Å². The summed E-state index contributed by atoms with van der Waals surface area (Å²) < 4.78 is 24.0. The van der Waals surface area contributed by atoms with Crippen LogP contribution in [-0.2, 0) is 4.57 Å². The first-order valence-electron chi connectivity index (χ1n) is 9.85. The number of carbonyl (C=O) groups excluding carboxylic acids is 1. The summed E-state index contributed by atoms with van der Waals surface area (Å²) in [5, 5.41) is 0. The van der Waals surface area contributed by atoms with Crippen molar-refractivity contribution in [3.05, 3.63) is 23.8 Å². The maximum atomic E-state index is 13.6. The molecular weight excluding hydrogens is 359 g/mol. The minimum Gasteiger partial charge on any atom is -0.496 e. The third-order valence-corrected chi connectivity index (χ3v) is 6.83. The lowest BCUT2D eigenvalue weighted by Gasteiger charge is -2.29. The molecule has 4 nitrogen and oxygen atoms in total. The molecule has 0 N–H and O–H groups in total. The van der Waals surface area contributed by atoms with Crippen LogP contribution in [0.1, 0.15) is 70.7 Å². The Morgan fingerprint density at radius 3 is 2.11 bits per heavy atom. The van der Waals surface area contributed by atoms with Gasteiger partial charge in [-0.3, -0.25) is 9.36 Å². The van der Waals surface area contributed by atoms with Crippen LogP contribution >= 0.6 is 7.80 Å². The topological polar surface area (TPSA) is 52.6 Å². The Balaban J connectivity index is 3.29. The first-order valence-corrected chi connectivity index (χ1v) is 11.4. The van der Waals surface area contributed by atoms with Crippen LogP contribution in [0.2, 0.25) is 0 Å². The zero-order valence-electron chi connectivity index (χ0n) is 18.0. The van der Waals surface area contributed by atoms with E-state index in [2.05, 4.69) is 27.7 Å². The van der Waals surface area contributed by atoms with Gasteiger partial charge in [0.15, 0.2) is 5.78 Å². The van der Waals surface area contributed by atoms with E-state index >= 15 is 0 Å². The van der Waals surface area contributed by atoms with E-state index in [4.69, 9.17) is 9.47 Å². The maximum Gasteiger partial charge on any atom is 0.184 e. The Kier molecular flexibility index (Phi) is 9.45. The molecule has 3 atom stereocenters. The van der Waals surface area contributed by atoms with Gasteiger partial charge in [0.1, 0.15) is 17.1 Å². The Labute approximate surface area is 165 Å². The number of ketones is 1. The minimum absolute atomic E-state index is 0.0114. The van der Waals surface area contributed by atoms with Gasteiger partial charge in [0.25, 0.3) is 0 Å². The molecule has 0 aliphatic heterocycles. The summed E-state index contributed by atoms with van der Waals surface area (Å²) in [5.41, 5.74) is -0.0593. The first kappa shape index (κ1) is 23.6. The highest BCUT2D eigenvalue weighted by Gasteiger charge is 2.36. The van der Waals surface area contributed by atoms with E-state index in [1.807, 2.05) is 6.92 Å². The molecule has 5 heteroatoms. The molecule has 0 aliphatic rings. The van der Waals surface area contributed by atoms with Crippen LogP contribution < -0.4 is 9.47 Å². The second kappa shape index (κ2) is 10.8. The van der Waals surface area contributed by atoms with Crippen molar-refractivity contribution in [1.82, 2.24) is 0 Å². The van der Waals surface area contributed by atoms with Crippen LogP contribution in [0.15, 0.2) is 18.2 Å². The summed E-state index contributed by atoms with van der Waals surface area (Å²) in [4.78, 5) is 13.6. The fourth-order valence-electron chi connectivity index (χ4n) is 3.65. The number of rotatable bonds is 11. The number of hydrogen-bond donors (Lipinski definition) is 0. The quantitative estimate of drug-likeness (QED) is 0.249. The lowest BCUT2D eigenvalue weighted by molar-refractivity contribution is 0.0953. The summed E-state index contributed by atoms with van der Waals surface area (Å²) in [6, 6.07) is 5.31. The van der Waals surface area contributed by atoms with E-state index in [0.717, 1.165) is 25.7 Å². The van der Waals surface area contributed by atoms with Crippen LogP contribution in [0.25, 0.3) is 0 Å². The number of benzene rings is 1. The van der Waals surface area contributed by atoms with Crippen molar-refractivity contribution >= 4 is 13.6 Å². The van der Waals surface area contributed by atoms with Gasteiger partial charge in [0.2, 0.25) is 0 Å². The Bertz CT molecular complexity index is 611. The van der Waals surface area contributed by atoms with E-state index in [1.54, 1.807) is 32.4 Å². The highest BCUT2D eigenvalue weighted by Crippen LogP contribution is 2.43. The Morgan fingerprint density at radius 1 is 1.11 bits per heavy atom. The number of ether oxygens (including phenoxy) is 2. The predicted molar refractivity (Wildman–Crippen MR) is 113 cm³/mol. The van der Waals surface area contributed by atoms with Gasteiger partial charge in [-0.05, 0) is 36.3 Å². The van der Waals surface area contributed by atoms with E-state index in [0.29, 0.717) is 23.2 Å². The number of unbranched alkanes of at least 4 members (excludes halogenated alkanes) is 2. The van der Waals surface area contributed by atoms with Crippen molar-refractivity contribution in [2.45, 2.75) is 66.0 Å². The molecule has 0 saturated carbocycles. The van der Waals surface area contributed by atoms with Gasteiger partial charge in [0.05, 0.1) is 27.7 Å². The van der Waals surface area contributed by atoms with Gasteiger partial charge < -0.3 is 9.47 Å². The number of carbonyl (C=O) groups is 1. The number of Topliss-reactive ketones (excluding diaryl/α,β-unsaturated/α-hetero) is 1. The number of methoxy groups -OCH3 is 2. The third kappa shape index (κ3) is 6.92.